The monoisotopic (exact) mass is 455 g/mol. The summed E-state index contributed by atoms with van der Waals surface area (Å²) >= 11 is 6.27. The van der Waals surface area contributed by atoms with Crippen LogP contribution < -0.4 is 19.7 Å². The van der Waals surface area contributed by atoms with Gasteiger partial charge in [0.15, 0.2) is 11.5 Å². The highest BCUT2D eigenvalue weighted by molar-refractivity contribution is 6.33. The molecule has 0 saturated heterocycles. The van der Waals surface area contributed by atoms with Crippen molar-refractivity contribution in [2.24, 2.45) is 0 Å². The first-order valence-corrected chi connectivity index (χ1v) is 10.9. The van der Waals surface area contributed by atoms with Gasteiger partial charge in [0.05, 0.1) is 31.5 Å². The molecule has 2 aromatic carbocycles. The lowest BCUT2D eigenvalue weighted by molar-refractivity contribution is 0.256. The van der Waals surface area contributed by atoms with Crippen LogP contribution in [0.1, 0.15) is 30.7 Å². The summed E-state index contributed by atoms with van der Waals surface area (Å²) in [5.74, 6) is 2.64. The van der Waals surface area contributed by atoms with Crippen LogP contribution in [0, 0.1) is 0 Å². The number of nitrogens with zero attached hydrogens (tertiary/aromatic N) is 4. The van der Waals surface area contributed by atoms with Crippen LogP contribution in [0.3, 0.4) is 0 Å². The second kappa shape index (κ2) is 9.91. The molecule has 4 rings (SSSR count). The SMILES string of the molecule is COc1ccc(CN(C(=O)Nc2ccccc2Cl)c2nnc3n2CCCCC3)cc1OC. The molecule has 0 saturated carbocycles. The molecule has 1 aromatic heterocycles. The molecular weight excluding hydrogens is 430 g/mol. The second-order valence-corrected chi connectivity index (χ2v) is 7.97. The van der Waals surface area contributed by atoms with E-state index < -0.39 is 0 Å². The van der Waals surface area contributed by atoms with Gasteiger partial charge in [-0.1, -0.05) is 36.2 Å². The highest BCUT2D eigenvalue weighted by atomic mass is 35.5. The molecule has 2 amide bonds. The topological polar surface area (TPSA) is 81.5 Å². The lowest BCUT2D eigenvalue weighted by atomic mass is 10.2. The average molecular weight is 456 g/mol. The number of hydrogen-bond donors (Lipinski definition) is 1. The quantitative estimate of drug-likeness (QED) is 0.570. The van der Waals surface area contributed by atoms with Gasteiger partial charge in [0.1, 0.15) is 5.82 Å². The summed E-state index contributed by atoms with van der Waals surface area (Å²) < 4.78 is 12.8. The Morgan fingerprint density at radius 2 is 1.91 bits per heavy atom. The highest BCUT2D eigenvalue weighted by Crippen LogP contribution is 2.30. The molecule has 0 atom stereocenters. The molecule has 9 heteroatoms. The maximum Gasteiger partial charge on any atom is 0.329 e. The van der Waals surface area contributed by atoms with Crippen molar-refractivity contribution in [1.29, 1.82) is 0 Å². The summed E-state index contributed by atoms with van der Waals surface area (Å²) in [6.07, 6.45) is 4.07. The number of methoxy groups -OCH3 is 2. The zero-order valence-electron chi connectivity index (χ0n) is 18.2. The van der Waals surface area contributed by atoms with Crippen LogP contribution in [0.25, 0.3) is 0 Å². The fourth-order valence-corrected chi connectivity index (χ4v) is 3.99. The van der Waals surface area contributed by atoms with E-state index >= 15 is 0 Å². The van der Waals surface area contributed by atoms with Crippen molar-refractivity contribution in [3.8, 4) is 11.5 Å². The van der Waals surface area contributed by atoms with Gasteiger partial charge in [0.25, 0.3) is 0 Å². The first-order chi connectivity index (χ1) is 15.6. The molecule has 8 nitrogen and oxygen atoms in total. The number of fused-ring (bicyclic) bond motifs is 1. The molecule has 1 N–H and O–H groups in total. The molecule has 1 aliphatic heterocycles. The van der Waals surface area contributed by atoms with Crippen molar-refractivity contribution in [2.75, 3.05) is 24.4 Å². The van der Waals surface area contributed by atoms with Crippen molar-refractivity contribution < 1.29 is 14.3 Å². The Morgan fingerprint density at radius 3 is 2.69 bits per heavy atom. The number of ether oxygens (including phenoxy) is 2. The number of anilines is 2. The molecular formula is C23H26ClN5O3. The third kappa shape index (κ3) is 4.65. The number of aryl methyl sites for hydroxylation is 1. The minimum Gasteiger partial charge on any atom is -0.493 e. The van der Waals surface area contributed by atoms with E-state index in [4.69, 9.17) is 21.1 Å². The first-order valence-electron chi connectivity index (χ1n) is 10.6. The van der Waals surface area contributed by atoms with E-state index in [1.807, 2.05) is 34.9 Å². The van der Waals surface area contributed by atoms with Crippen molar-refractivity contribution >= 4 is 29.3 Å². The highest BCUT2D eigenvalue weighted by Gasteiger charge is 2.26. The number of nitrogens with one attached hydrogen (secondary N) is 1. The first kappa shape index (κ1) is 22.0. The molecule has 0 radical (unpaired) electrons. The average Bonchev–Trinajstić information content (AvgIpc) is 3.05. The summed E-state index contributed by atoms with van der Waals surface area (Å²) in [6, 6.07) is 12.4. The number of hydrogen-bond acceptors (Lipinski definition) is 5. The van der Waals surface area contributed by atoms with E-state index in [2.05, 4.69) is 15.5 Å². The minimum atomic E-state index is -0.340. The van der Waals surface area contributed by atoms with Gasteiger partial charge in [-0.25, -0.2) is 4.79 Å². The molecule has 0 spiro atoms. The van der Waals surface area contributed by atoms with Gasteiger partial charge < -0.3 is 14.8 Å². The van der Waals surface area contributed by atoms with E-state index in [1.54, 1.807) is 31.3 Å². The number of para-hydroxylation sites is 1. The molecule has 3 aromatic rings. The predicted octanol–water partition coefficient (Wildman–Crippen LogP) is 4.91. The van der Waals surface area contributed by atoms with Gasteiger partial charge in [-0.3, -0.25) is 9.47 Å². The van der Waals surface area contributed by atoms with Crippen LogP contribution in [-0.4, -0.2) is 35.0 Å². The smallest absolute Gasteiger partial charge is 0.329 e. The van der Waals surface area contributed by atoms with Crippen LogP contribution in [0.2, 0.25) is 5.02 Å². The number of carbonyl (C=O) groups excluding carboxylic acids is 1. The fourth-order valence-electron chi connectivity index (χ4n) is 3.81. The molecule has 2 heterocycles. The van der Waals surface area contributed by atoms with Crippen molar-refractivity contribution in [3.63, 3.8) is 0 Å². The van der Waals surface area contributed by atoms with Gasteiger partial charge in [-0.2, -0.15) is 0 Å². The van der Waals surface area contributed by atoms with E-state index in [-0.39, 0.29) is 12.6 Å². The third-order valence-electron chi connectivity index (χ3n) is 5.48. The van der Waals surface area contributed by atoms with Crippen LogP contribution in [0.15, 0.2) is 42.5 Å². The van der Waals surface area contributed by atoms with Gasteiger partial charge >= 0.3 is 6.03 Å². The number of carbonyl (C=O) groups is 1. The Kier molecular flexibility index (Phi) is 6.80. The van der Waals surface area contributed by atoms with Crippen LogP contribution in [0.5, 0.6) is 11.5 Å². The molecule has 0 fully saturated rings. The number of rotatable bonds is 6. The molecule has 0 unspecified atom stereocenters. The number of aromatic nitrogens is 3. The molecule has 1 aliphatic rings. The minimum absolute atomic E-state index is 0.273. The van der Waals surface area contributed by atoms with Crippen molar-refractivity contribution in [3.05, 3.63) is 58.9 Å². The molecule has 0 aliphatic carbocycles. The summed E-state index contributed by atoms with van der Waals surface area (Å²) in [7, 11) is 3.17. The number of urea groups is 1. The van der Waals surface area contributed by atoms with Crippen molar-refractivity contribution in [2.45, 2.75) is 38.8 Å². The van der Waals surface area contributed by atoms with E-state index in [0.29, 0.717) is 28.2 Å². The maximum atomic E-state index is 13.4. The zero-order valence-corrected chi connectivity index (χ0v) is 18.9. The molecule has 0 bridgehead atoms. The summed E-state index contributed by atoms with van der Waals surface area (Å²) in [5.41, 5.74) is 1.40. The Morgan fingerprint density at radius 1 is 1.09 bits per heavy atom. The summed E-state index contributed by atoms with van der Waals surface area (Å²) in [4.78, 5) is 15.0. The molecule has 168 valence electrons. The van der Waals surface area contributed by atoms with Gasteiger partial charge in [-0.05, 0) is 42.7 Å². The number of benzene rings is 2. The lowest BCUT2D eigenvalue weighted by Crippen LogP contribution is -2.36. The second-order valence-electron chi connectivity index (χ2n) is 7.56. The number of amides is 2. The maximum absolute atomic E-state index is 13.4. The number of halogens is 1. The Balaban J connectivity index is 1.69. The normalized spacial score (nSPS) is 13.1. The zero-order chi connectivity index (χ0) is 22.5. The van der Waals surface area contributed by atoms with Crippen LogP contribution in [0.4, 0.5) is 16.4 Å². The van der Waals surface area contributed by atoms with Crippen LogP contribution in [-0.2, 0) is 19.5 Å². The van der Waals surface area contributed by atoms with E-state index in [9.17, 15) is 4.79 Å². The predicted molar refractivity (Wildman–Crippen MR) is 124 cm³/mol. The summed E-state index contributed by atoms with van der Waals surface area (Å²) in [6.45, 7) is 1.05. The van der Waals surface area contributed by atoms with E-state index in [0.717, 1.165) is 43.6 Å². The largest absolute Gasteiger partial charge is 0.493 e. The van der Waals surface area contributed by atoms with E-state index in [1.165, 1.54) is 0 Å². The van der Waals surface area contributed by atoms with Crippen molar-refractivity contribution in [1.82, 2.24) is 14.8 Å². The lowest BCUT2D eigenvalue weighted by Gasteiger charge is -2.23. The standard InChI is InChI=1S/C23H26ClN5O3/c1-31-19-12-11-16(14-20(19)32-2)15-29(23(30)25-18-9-6-5-8-17(18)24)22-27-26-21-10-4-3-7-13-28(21)22/h5-6,8-9,11-12,14H,3-4,7,10,13,15H2,1-2H3,(H,25,30). The van der Waals surface area contributed by atoms with Gasteiger partial charge in [0.2, 0.25) is 5.95 Å². The molecule has 32 heavy (non-hydrogen) atoms. The Hall–Kier alpha value is -3.26. The summed E-state index contributed by atoms with van der Waals surface area (Å²) in [5, 5.41) is 12.1. The van der Waals surface area contributed by atoms with Gasteiger partial charge in [-0.15, -0.1) is 10.2 Å². The van der Waals surface area contributed by atoms with Gasteiger partial charge in [0, 0.05) is 13.0 Å². The van der Waals surface area contributed by atoms with Crippen LogP contribution >= 0.6 is 11.6 Å². The third-order valence-corrected chi connectivity index (χ3v) is 5.81. The fraction of sp³-hybridized carbons (Fsp3) is 0.348. The Labute approximate surface area is 192 Å². The Bertz CT molecular complexity index is 1100.